The van der Waals surface area contributed by atoms with Crippen molar-refractivity contribution in [2.24, 2.45) is 0 Å². The van der Waals surface area contributed by atoms with E-state index in [1.165, 1.54) is 4.90 Å². The fourth-order valence-electron chi connectivity index (χ4n) is 1.59. The number of benzene rings is 1. The number of hydrogen-bond acceptors (Lipinski definition) is 3. The maximum Gasteiger partial charge on any atom is 0.316 e. The quantitative estimate of drug-likeness (QED) is 0.642. The third kappa shape index (κ3) is 4.43. The largest absolute Gasteiger partial charge is 0.335 e. The van der Waals surface area contributed by atoms with E-state index in [-0.39, 0.29) is 6.54 Å². The van der Waals surface area contributed by atoms with Crippen molar-refractivity contribution >= 4 is 17.5 Å². The predicted molar refractivity (Wildman–Crippen MR) is 72.3 cm³/mol. The van der Waals surface area contributed by atoms with Crippen LogP contribution in [-0.4, -0.2) is 24.9 Å². The first-order valence-electron chi connectivity index (χ1n) is 6.22. The van der Waals surface area contributed by atoms with Crippen molar-refractivity contribution in [1.82, 2.24) is 5.32 Å². The number of carbonyl (C=O) groups excluding carboxylic acids is 2. The molecule has 0 saturated heterocycles. The summed E-state index contributed by atoms with van der Waals surface area (Å²) in [4.78, 5) is 25.1. The van der Waals surface area contributed by atoms with Crippen molar-refractivity contribution < 1.29 is 9.59 Å². The molecule has 100 valence electrons. The van der Waals surface area contributed by atoms with Crippen molar-refractivity contribution in [2.75, 3.05) is 18.0 Å². The molecule has 5 nitrogen and oxygen atoms in total. The predicted octanol–water partition coefficient (Wildman–Crippen LogP) is 1.46. The van der Waals surface area contributed by atoms with Crippen LogP contribution in [0.1, 0.15) is 19.8 Å². The number of carbonyl (C=O) groups is 2. The zero-order valence-corrected chi connectivity index (χ0v) is 10.9. The topological polar surface area (TPSA) is 73.2 Å². The van der Waals surface area contributed by atoms with Gasteiger partial charge in [0.05, 0.1) is 6.07 Å². The Hall–Kier alpha value is -2.35. The van der Waals surface area contributed by atoms with E-state index < -0.39 is 11.8 Å². The summed E-state index contributed by atoms with van der Waals surface area (Å²) in [5.74, 6) is -1.38. The monoisotopic (exact) mass is 259 g/mol. The van der Waals surface area contributed by atoms with Gasteiger partial charge in [-0.25, -0.2) is 0 Å². The molecule has 0 spiro atoms. The summed E-state index contributed by atoms with van der Waals surface area (Å²) in [6.45, 7) is 2.34. The van der Waals surface area contributed by atoms with Crippen molar-refractivity contribution in [3.63, 3.8) is 0 Å². The normalized spacial score (nSPS) is 9.47. The van der Waals surface area contributed by atoms with Gasteiger partial charge in [-0.15, -0.1) is 0 Å². The molecule has 0 unspecified atom stereocenters. The van der Waals surface area contributed by atoms with Crippen molar-refractivity contribution in [1.29, 1.82) is 5.26 Å². The second kappa shape index (κ2) is 7.88. The summed E-state index contributed by atoms with van der Waals surface area (Å²) in [6, 6.07) is 10.8. The van der Waals surface area contributed by atoms with Crippen LogP contribution in [0.25, 0.3) is 0 Å². The van der Waals surface area contributed by atoms with Crippen molar-refractivity contribution in [3.05, 3.63) is 30.3 Å². The summed E-state index contributed by atoms with van der Waals surface area (Å²) in [5, 5.41) is 10.7. The highest BCUT2D eigenvalue weighted by Gasteiger charge is 2.22. The molecule has 2 amide bonds. The maximum atomic E-state index is 12.1. The molecule has 0 radical (unpaired) electrons. The van der Waals surface area contributed by atoms with Crippen molar-refractivity contribution in [3.8, 4) is 6.07 Å². The lowest BCUT2D eigenvalue weighted by Gasteiger charge is -2.21. The van der Waals surface area contributed by atoms with Crippen molar-refractivity contribution in [2.45, 2.75) is 19.8 Å². The number of rotatable bonds is 5. The molecule has 0 aromatic heterocycles. The molecule has 1 aromatic rings. The van der Waals surface area contributed by atoms with Crippen LogP contribution >= 0.6 is 0 Å². The molecule has 0 fully saturated rings. The van der Waals surface area contributed by atoms with E-state index in [9.17, 15) is 9.59 Å². The Kier molecular flexibility index (Phi) is 6.10. The van der Waals surface area contributed by atoms with Gasteiger partial charge in [-0.05, 0) is 18.6 Å². The summed E-state index contributed by atoms with van der Waals surface area (Å²) in [6.07, 6.45) is 1.74. The van der Waals surface area contributed by atoms with Crippen LogP contribution < -0.4 is 10.2 Å². The minimum atomic E-state index is -0.749. The van der Waals surface area contributed by atoms with Crippen LogP contribution in [0, 0.1) is 11.3 Å². The van der Waals surface area contributed by atoms with Crippen LogP contribution in [0.4, 0.5) is 5.69 Å². The first kappa shape index (κ1) is 14.7. The van der Waals surface area contributed by atoms with Crippen LogP contribution in [0.3, 0.4) is 0 Å². The summed E-state index contributed by atoms with van der Waals surface area (Å²) in [7, 11) is 0. The van der Waals surface area contributed by atoms with Gasteiger partial charge in [0.2, 0.25) is 0 Å². The molecule has 1 N–H and O–H groups in total. The first-order valence-corrected chi connectivity index (χ1v) is 6.22. The van der Waals surface area contributed by atoms with Crippen LogP contribution in [-0.2, 0) is 9.59 Å². The zero-order valence-electron chi connectivity index (χ0n) is 10.9. The third-order valence-electron chi connectivity index (χ3n) is 2.57. The smallest absolute Gasteiger partial charge is 0.316 e. The van der Waals surface area contributed by atoms with E-state index in [2.05, 4.69) is 5.32 Å². The fraction of sp³-hybridized carbons (Fsp3) is 0.357. The van der Waals surface area contributed by atoms with E-state index in [0.717, 1.165) is 12.8 Å². The highest BCUT2D eigenvalue weighted by molar-refractivity contribution is 6.40. The fourth-order valence-corrected chi connectivity index (χ4v) is 1.59. The Labute approximate surface area is 112 Å². The van der Waals surface area contributed by atoms with Crippen LogP contribution in [0.5, 0.6) is 0 Å². The van der Waals surface area contributed by atoms with Gasteiger partial charge in [-0.3, -0.25) is 9.59 Å². The molecule has 0 bridgehead atoms. The Morgan fingerprint density at radius 2 is 2.00 bits per heavy atom. The van der Waals surface area contributed by atoms with Gasteiger partial charge in [-0.2, -0.15) is 5.26 Å². The van der Waals surface area contributed by atoms with E-state index in [0.29, 0.717) is 12.2 Å². The molecule has 1 aromatic carbocycles. The molecule has 5 heteroatoms. The Morgan fingerprint density at radius 3 is 2.58 bits per heavy atom. The minimum absolute atomic E-state index is 0.166. The zero-order chi connectivity index (χ0) is 14.1. The average Bonchev–Trinajstić information content (AvgIpc) is 2.46. The molecular weight excluding hydrogens is 242 g/mol. The Balaban J connectivity index is 2.82. The van der Waals surface area contributed by atoms with Gasteiger partial charge in [0.1, 0.15) is 6.54 Å². The minimum Gasteiger partial charge on any atom is -0.335 e. The second-order valence-corrected chi connectivity index (χ2v) is 3.99. The number of nitriles is 1. The van der Waals surface area contributed by atoms with E-state index in [4.69, 9.17) is 5.26 Å². The summed E-state index contributed by atoms with van der Waals surface area (Å²) in [5.41, 5.74) is 0.688. The average molecular weight is 259 g/mol. The highest BCUT2D eigenvalue weighted by Crippen LogP contribution is 2.14. The Bertz CT molecular complexity index is 465. The summed E-state index contributed by atoms with van der Waals surface area (Å²) < 4.78 is 0. The van der Waals surface area contributed by atoms with Gasteiger partial charge in [-0.1, -0.05) is 31.5 Å². The standard InChI is InChI=1S/C14H17N3O2/c1-2-3-11-17(12-7-5-4-6-8-12)14(19)13(18)16-10-9-15/h4-8H,2-3,10-11H2,1H3,(H,16,18). The number of nitrogens with zero attached hydrogens (tertiary/aromatic N) is 2. The van der Waals surface area contributed by atoms with Gasteiger partial charge in [0.15, 0.2) is 0 Å². The van der Waals surface area contributed by atoms with Gasteiger partial charge < -0.3 is 10.2 Å². The lowest BCUT2D eigenvalue weighted by Crippen LogP contribution is -2.43. The lowest BCUT2D eigenvalue weighted by atomic mass is 10.2. The number of para-hydroxylation sites is 1. The van der Waals surface area contributed by atoms with E-state index in [1.54, 1.807) is 18.2 Å². The Morgan fingerprint density at radius 1 is 1.32 bits per heavy atom. The van der Waals surface area contributed by atoms with Gasteiger partial charge >= 0.3 is 11.8 Å². The molecule has 0 aliphatic carbocycles. The second-order valence-electron chi connectivity index (χ2n) is 3.99. The highest BCUT2D eigenvalue weighted by atomic mass is 16.2. The van der Waals surface area contributed by atoms with Gasteiger partial charge in [0.25, 0.3) is 0 Å². The molecule has 0 aliphatic rings. The SMILES string of the molecule is CCCCN(C(=O)C(=O)NCC#N)c1ccccc1. The van der Waals surface area contributed by atoms with E-state index in [1.807, 2.05) is 25.1 Å². The van der Waals surface area contributed by atoms with Crippen LogP contribution in [0.2, 0.25) is 0 Å². The van der Waals surface area contributed by atoms with Gasteiger partial charge in [0, 0.05) is 12.2 Å². The summed E-state index contributed by atoms with van der Waals surface area (Å²) >= 11 is 0. The molecule has 0 atom stereocenters. The number of anilines is 1. The number of amides is 2. The molecule has 0 heterocycles. The first-order chi connectivity index (χ1) is 9.20. The van der Waals surface area contributed by atoms with E-state index >= 15 is 0 Å². The molecular formula is C14H17N3O2. The molecule has 19 heavy (non-hydrogen) atoms. The maximum absolute atomic E-state index is 12.1. The van der Waals surface area contributed by atoms with Crippen LogP contribution in [0.15, 0.2) is 30.3 Å². The molecule has 0 saturated carbocycles. The molecule has 1 rings (SSSR count). The lowest BCUT2D eigenvalue weighted by molar-refractivity contribution is -0.137. The number of hydrogen-bond donors (Lipinski definition) is 1. The molecule has 0 aliphatic heterocycles. The third-order valence-corrected chi connectivity index (χ3v) is 2.57. The number of unbranched alkanes of at least 4 members (excludes halogenated alkanes) is 1. The number of nitrogens with one attached hydrogen (secondary N) is 1.